The zero-order valence-corrected chi connectivity index (χ0v) is 12.1. The molecule has 96 valence electrons. The van der Waals surface area contributed by atoms with Crippen molar-refractivity contribution in [2.24, 2.45) is 11.8 Å². The topological polar surface area (TPSA) is 75.9 Å². The number of hydrazine groups is 1. The van der Waals surface area contributed by atoms with Crippen LogP contribution in [0.1, 0.15) is 33.6 Å². The van der Waals surface area contributed by atoms with E-state index in [1.165, 1.54) is 6.33 Å². The number of nitrogens with two attached hydrogens (primary N) is 1. The first-order valence-corrected chi connectivity index (χ1v) is 6.66. The van der Waals surface area contributed by atoms with Crippen LogP contribution < -0.4 is 16.6 Å². The summed E-state index contributed by atoms with van der Waals surface area (Å²) in [4.78, 5) is 8.23. The van der Waals surface area contributed by atoms with Gasteiger partial charge >= 0.3 is 0 Å². The number of nitrogens with one attached hydrogen (secondary N) is 2. The molecule has 17 heavy (non-hydrogen) atoms. The summed E-state index contributed by atoms with van der Waals surface area (Å²) in [6.45, 7) is 6.57. The van der Waals surface area contributed by atoms with Gasteiger partial charge < -0.3 is 10.7 Å². The lowest BCUT2D eigenvalue weighted by atomic mass is 9.95. The number of nitrogens with zero attached hydrogens (tertiary/aromatic N) is 2. The van der Waals surface area contributed by atoms with E-state index in [-0.39, 0.29) is 0 Å². The van der Waals surface area contributed by atoms with E-state index in [4.69, 9.17) is 5.84 Å². The number of nitrogen functional groups attached to an aromatic ring is 1. The molecule has 0 spiro atoms. The zero-order chi connectivity index (χ0) is 12.8. The summed E-state index contributed by atoms with van der Waals surface area (Å²) in [6.07, 6.45) is 3.78. The van der Waals surface area contributed by atoms with Gasteiger partial charge in [0.1, 0.15) is 16.6 Å². The Labute approximate surface area is 111 Å². The number of halogens is 1. The van der Waals surface area contributed by atoms with E-state index >= 15 is 0 Å². The second-order valence-electron chi connectivity index (χ2n) is 4.04. The maximum atomic E-state index is 5.36. The van der Waals surface area contributed by atoms with Crippen LogP contribution in [0, 0.1) is 5.92 Å². The van der Waals surface area contributed by atoms with E-state index in [1.807, 2.05) is 0 Å². The maximum Gasteiger partial charge on any atom is 0.159 e. The van der Waals surface area contributed by atoms with Gasteiger partial charge in [-0.25, -0.2) is 15.8 Å². The molecular formula is C11H20BrN5. The minimum atomic E-state index is 0.363. The van der Waals surface area contributed by atoms with Gasteiger partial charge in [0.05, 0.1) is 0 Å². The number of hydrogen-bond donors (Lipinski definition) is 3. The smallest absolute Gasteiger partial charge is 0.159 e. The normalized spacial score (nSPS) is 12.6. The van der Waals surface area contributed by atoms with Crippen molar-refractivity contribution in [2.75, 3.05) is 10.7 Å². The molecular weight excluding hydrogens is 282 g/mol. The maximum absolute atomic E-state index is 5.36. The number of rotatable bonds is 6. The van der Waals surface area contributed by atoms with Crippen molar-refractivity contribution in [1.29, 1.82) is 0 Å². The van der Waals surface area contributed by atoms with E-state index in [2.05, 4.69) is 57.4 Å². The van der Waals surface area contributed by atoms with Gasteiger partial charge in [0.2, 0.25) is 0 Å². The molecule has 1 unspecified atom stereocenters. The standard InChI is InChI=1S/C11H20BrN5/c1-4-8(5-2)7(3)16-10-9(12)11(17-13)15-6-14-10/h6-8H,4-5,13H2,1-3H3,(H2,14,15,16,17). The molecule has 1 heterocycles. The number of anilines is 2. The summed E-state index contributed by atoms with van der Waals surface area (Å²) >= 11 is 3.43. The Morgan fingerprint density at radius 2 is 1.88 bits per heavy atom. The highest BCUT2D eigenvalue weighted by Gasteiger charge is 2.16. The van der Waals surface area contributed by atoms with Gasteiger partial charge in [-0.15, -0.1) is 0 Å². The predicted molar refractivity (Wildman–Crippen MR) is 74.7 cm³/mol. The fraction of sp³-hybridized carbons (Fsp3) is 0.636. The van der Waals surface area contributed by atoms with Crippen LogP contribution in [0.4, 0.5) is 11.6 Å². The van der Waals surface area contributed by atoms with Crippen molar-refractivity contribution >= 4 is 27.6 Å². The third-order valence-corrected chi connectivity index (χ3v) is 3.80. The Kier molecular flexibility index (Phi) is 5.64. The Morgan fingerprint density at radius 3 is 2.41 bits per heavy atom. The second kappa shape index (κ2) is 6.76. The molecule has 0 saturated heterocycles. The molecule has 0 amide bonds. The largest absolute Gasteiger partial charge is 0.366 e. The third-order valence-electron chi connectivity index (χ3n) is 3.05. The van der Waals surface area contributed by atoms with Gasteiger partial charge in [-0.05, 0) is 28.8 Å². The number of aromatic nitrogens is 2. The zero-order valence-electron chi connectivity index (χ0n) is 10.5. The minimum absolute atomic E-state index is 0.363. The Morgan fingerprint density at radius 1 is 1.29 bits per heavy atom. The molecule has 0 aliphatic carbocycles. The van der Waals surface area contributed by atoms with Gasteiger partial charge in [0.15, 0.2) is 5.82 Å². The van der Waals surface area contributed by atoms with Crippen LogP contribution in [-0.2, 0) is 0 Å². The fourth-order valence-corrected chi connectivity index (χ4v) is 2.33. The molecule has 0 aliphatic rings. The molecule has 1 aromatic heterocycles. The van der Waals surface area contributed by atoms with Gasteiger partial charge in [-0.1, -0.05) is 26.7 Å². The van der Waals surface area contributed by atoms with Crippen LogP contribution in [-0.4, -0.2) is 16.0 Å². The Hall–Kier alpha value is -0.880. The van der Waals surface area contributed by atoms with Crippen LogP contribution >= 0.6 is 15.9 Å². The molecule has 0 aromatic carbocycles. The summed E-state index contributed by atoms with van der Waals surface area (Å²) in [7, 11) is 0. The lowest BCUT2D eigenvalue weighted by Crippen LogP contribution is -2.26. The SMILES string of the molecule is CCC(CC)C(C)Nc1ncnc(NN)c1Br. The van der Waals surface area contributed by atoms with Crippen LogP contribution in [0.15, 0.2) is 10.8 Å². The molecule has 0 radical (unpaired) electrons. The molecule has 4 N–H and O–H groups in total. The van der Waals surface area contributed by atoms with Crippen molar-refractivity contribution in [1.82, 2.24) is 9.97 Å². The van der Waals surface area contributed by atoms with Gasteiger partial charge in [-0.3, -0.25) is 0 Å². The quantitative estimate of drug-likeness (QED) is 0.556. The third kappa shape index (κ3) is 3.54. The summed E-state index contributed by atoms with van der Waals surface area (Å²) in [5.41, 5.74) is 2.53. The molecule has 1 rings (SSSR count). The van der Waals surface area contributed by atoms with Crippen molar-refractivity contribution in [3.63, 3.8) is 0 Å². The van der Waals surface area contributed by atoms with Crippen molar-refractivity contribution in [2.45, 2.75) is 39.7 Å². The average Bonchev–Trinajstić information content (AvgIpc) is 2.33. The lowest BCUT2D eigenvalue weighted by molar-refractivity contribution is 0.437. The highest BCUT2D eigenvalue weighted by molar-refractivity contribution is 9.10. The first kappa shape index (κ1) is 14.2. The van der Waals surface area contributed by atoms with E-state index in [1.54, 1.807) is 0 Å². The van der Waals surface area contributed by atoms with Gasteiger partial charge in [-0.2, -0.15) is 0 Å². The predicted octanol–water partition coefficient (Wildman–Crippen LogP) is 2.76. The van der Waals surface area contributed by atoms with Crippen LogP contribution in [0.5, 0.6) is 0 Å². The van der Waals surface area contributed by atoms with Crippen LogP contribution in [0.3, 0.4) is 0 Å². The lowest BCUT2D eigenvalue weighted by Gasteiger charge is -2.23. The molecule has 5 nitrogen and oxygen atoms in total. The van der Waals surface area contributed by atoms with Crippen molar-refractivity contribution in [3.05, 3.63) is 10.8 Å². The van der Waals surface area contributed by atoms with Crippen LogP contribution in [0.2, 0.25) is 0 Å². The molecule has 1 atom stereocenters. The second-order valence-corrected chi connectivity index (χ2v) is 4.83. The highest BCUT2D eigenvalue weighted by Crippen LogP contribution is 2.27. The van der Waals surface area contributed by atoms with E-state index in [0.717, 1.165) is 23.1 Å². The fourth-order valence-electron chi connectivity index (χ4n) is 1.90. The Balaban J connectivity index is 2.81. The van der Waals surface area contributed by atoms with Gasteiger partial charge in [0.25, 0.3) is 0 Å². The first-order chi connectivity index (χ1) is 8.13. The summed E-state index contributed by atoms with van der Waals surface area (Å²) in [5.74, 6) is 7.35. The Bertz CT molecular complexity index is 354. The summed E-state index contributed by atoms with van der Waals surface area (Å²) in [5, 5.41) is 3.39. The highest BCUT2D eigenvalue weighted by atomic mass is 79.9. The van der Waals surface area contributed by atoms with E-state index < -0.39 is 0 Å². The summed E-state index contributed by atoms with van der Waals surface area (Å²) < 4.78 is 0.764. The molecule has 1 aromatic rings. The minimum Gasteiger partial charge on any atom is -0.366 e. The van der Waals surface area contributed by atoms with Crippen molar-refractivity contribution in [3.8, 4) is 0 Å². The van der Waals surface area contributed by atoms with E-state index in [9.17, 15) is 0 Å². The monoisotopic (exact) mass is 301 g/mol. The first-order valence-electron chi connectivity index (χ1n) is 5.87. The van der Waals surface area contributed by atoms with Crippen molar-refractivity contribution < 1.29 is 0 Å². The molecule has 0 aliphatic heterocycles. The van der Waals surface area contributed by atoms with Gasteiger partial charge in [0, 0.05) is 6.04 Å². The molecule has 0 fully saturated rings. The van der Waals surface area contributed by atoms with E-state index in [0.29, 0.717) is 17.8 Å². The van der Waals surface area contributed by atoms with Crippen LogP contribution in [0.25, 0.3) is 0 Å². The number of hydrogen-bond acceptors (Lipinski definition) is 5. The average molecular weight is 302 g/mol. The summed E-state index contributed by atoms with van der Waals surface area (Å²) in [6, 6.07) is 0.363. The molecule has 0 bridgehead atoms. The molecule has 6 heteroatoms. The molecule has 0 saturated carbocycles.